The summed E-state index contributed by atoms with van der Waals surface area (Å²) in [4.78, 5) is 7.02. The maximum atomic E-state index is 6.13. The predicted molar refractivity (Wildman–Crippen MR) is 85.9 cm³/mol. The summed E-state index contributed by atoms with van der Waals surface area (Å²) >= 11 is 1.64. The Bertz CT molecular complexity index is 463. The molecule has 20 heavy (non-hydrogen) atoms. The second-order valence-corrected chi connectivity index (χ2v) is 6.44. The van der Waals surface area contributed by atoms with Crippen molar-refractivity contribution >= 4 is 22.2 Å². The minimum atomic E-state index is 0.00419. The van der Waals surface area contributed by atoms with Gasteiger partial charge in [0.1, 0.15) is 5.84 Å². The summed E-state index contributed by atoms with van der Waals surface area (Å²) in [7, 11) is 1.90. The Morgan fingerprint density at radius 2 is 2.20 bits per heavy atom. The summed E-state index contributed by atoms with van der Waals surface area (Å²) in [6.45, 7) is 8.64. The number of ether oxygens (including phenoxy) is 1. The Morgan fingerprint density at radius 1 is 1.50 bits per heavy atom. The standard InChI is InChI=1S/C14H24N4OS/c1-14(2,18-5-7-19-8-6-18)10-17-12(15)11-4-9-20-13(11)16-3/h4,9,16H,5-8,10H2,1-3H3,(H2,15,17). The molecule has 2 heterocycles. The smallest absolute Gasteiger partial charge is 0.128 e. The molecule has 0 amide bonds. The van der Waals surface area contributed by atoms with Crippen LogP contribution in [0.4, 0.5) is 5.00 Å². The molecule has 1 aliphatic heterocycles. The monoisotopic (exact) mass is 296 g/mol. The molecule has 3 N–H and O–H groups in total. The number of nitrogens with zero attached hydrogens (tertiary/aromatic N) is 2. The van der Waals surface area contributed by atoms with E-state index in [-0.39, 0.29) is 5.54 Å². The largest absolute Gasteiger partial charge is 0.383 e. The van der Waals surface area contributed by atoms with Crippen LogP contribution in [0.5, 0.6) is 0 Å². The first-order valence-corrected chi connectivity index (χ1v) is 7.81. The number of hydrogen-bond acceptors (Lipinski definition) is 5. The van der Waals surface area contributed by atoms with Gasteiger partial charge in [-0.15, -0.1) is 11.3 Å². The number of thiophene rings is 1. The summed E-state index contributed by atoms with van der Waals surface area (Å²) < 4.78 is 5.40. The van der Waals surface area contributed by atoms with Crippen LogP contribution in [0.2, 0.25) is 0 Å². The first-order valence-electron chi connectivity index (χ1n) is 6.93. The molecule has 1 aromatic rings. The third kappa shape index (κ3) is 3.50. The minimum Gasteiger partial charge on any atom is -0.383 e. The van der Waals surface area contributed by atoms with Crippen LogP contribution < -0.4 is 11.1 Å². The van der Waals surface area contributed by atoms with E-state index in [1.165, 1.54) is 0 Å². The van der Waals surface area contributed by atoms with Gasteiger partial charge in [0.25, 0.3) is 0 Å². The molecule has 0 atom stereocenters. The Labute approximate surface area is 124 Å². The summed E-state index contributed by atoms with van der Waals surface area (Å²) in [5.74, 6) is 0.608. The number of hydrogen-bond donors (Lipinski definition) is 2. The number of amidine groups is 1. The summed E-state index contributed by atoms with van der Waals surface area (Å²) in [6.07, 6.45) is 0. The molecule has 1 aromatic heterocycles. The summed E-state index contributed by atoms with van der Waals surface area (Å²) in [5, 5.41) is 6.24. The lowest BCUT2D eigenvalue weighted by atomic mass is 10.0. The zero-order chi connectivity index (χ0) is 14.6. The molecule has 0 aliphatic carbocycles. The van der Waals surface area contributed by atoms with E-state index in [1.54, 1.807) is 11.3 Å². The van der Waals surface area contributed by atoms with Crippen molar-refractivity contribution < 1.29 is 4.74 Å². The fourth-order valence-corrected chi connectivity index (χ4v) is 3.09. The van der Waals surface area contributed by atoms with Crippen LogP contribution in [0.1, 0.15) is 19.4 Å². The third-order valence-electron chi connectivity index (χ3n) is 3.67. The maximum Gasteiger partial charge on any atom is 0.128 e. The number of morpholine rings is 1. The van der Waals surface area contributed by atoms with Crippen LogP contribution in [-0.2, 0) is 4.74 Å². The minimum absolute atomic E-state index is 0.00419. The highest BCUT2D eigenvalue weighted by Gasteiger charge is 2.28. The van der Waals surface area contributed by atoms with Crippen molar-refractivity contribution in [3.63, 3.8) is 0 Å². The Balaban J connectivity index is 2.03. The van der Waals surface area contributed by atoms with Crippen LogP contribution >= 0.6 is 11.3 Å². The molecule has 0 bridgehead atoms. The van der Waals surface area contributed by atoms with Crippen LogP contribution in [0, 0.1) is 0 Å². The van der Waals surface area contributed by atoms with E-state index in [0.717, 1.165) is 36.9 Å². The van der Waals surface area contributed by atoms with Crippen molar-refractivity contribution in [2.45, 2.75) is 19.4 Å². The van der Waals surface area contributed by atoms with Crippen molar-refractivity contribution in [2.24, 2.45) is 10.7 Å². The highest BCUT2D eigenvalue weighted by Crippen LogP contribution is 2.23. The lowest BCUT2D eigenvalue weighted by molar-refractivity contribution is -0.00680. The van der Waals surface area contributed by atoms with Gasteiger partial charge in [0.15, 0.2) is 0 Å². The fourth-order valence-electron chi connectivity index (χ4n) is 2.34. The van der Waals surface area contributed by atoms with Gasteiger partial charge >= 0.3 is 0 Å². The first kappa shape index (κ1) is 15.3. The summed E-state index contributed by atoms with van der Waals surface area (Å²) in [5.41, 5.74) is 7.13. The lowest BCUT2D eigenvalue weighted by Gasteiger charge is -2.39. The molecule has 0 radical (unpaired) electrons. The second kappa shape index (κ2) is 6.56. The second-order valence-electron chi connectivity index (χ2n) is 5.53. The van der Waals surface area contributed by atoms with Crippen molar-refractivity contribution in [3.05, 3.63) is 17.0 Å². The highest BCUT2D eigenvalue weighted by atomic mass is 32.1. The highest BCUT2D eigenvalue weighted by molar-refractivity contribution is 7.14. The van der Waals surface area contributed by atoms with Gasteiger partial charge in [0.05, 0.1) is 30.3 Å². The first-order chi connectivity index (χ1) is 9.54. The molecule has 1 aliphatic rings. The van der Waals surface area contributed by atoms with E-state index in [4.69, 9.17) is 10.5 Å². The molecule has 0 saturated carbocycles. The van der Waals surface area contributed by atoms with Crippen LogP contribution in [-0.4, -0.2) is 56.2 Å². The van der Waals surface area contributed by atoms with Gasteiger partial charge in [0.2, 0.25) is 0 Å². The van der Waals surface area contributed by atoms with Crippen LogP contribution in [0.15, 0.2) is 16.4 Å². The number of nitrogens with one attached hydrogen (secondary N) is 1. The lowest BCUT2D eigenvalue weighted by Crippen LogP contribution is -2.51. The van der Waals surface area contributed by atoms with Crippen molar-refractivity contribution in [2.75, 3.05) is 45.2 Å². The number of anilines is 1. The van der Waals surface area contributed by atoms with Gasteiger partial charge in [-0.25, -0.2) is 0 Å². The topological polar surface area (TPSA) is 62.9 Å². The van der Waals surface area contributed by atoms with E-state index in [2.05, 4.69) is 29.1 Å². The molecule has 2 rings (SSSR count). The van der Waals surface area contributed by atoms with E-state index in [9.17, 15) is 0 Å². The van der Waals surface area contributed by atoms with Crippen molar-refractivity contribution in [3.8, 4) is 0 Å². The molecule has 5 nitrogen and oxygen atoms in total. The van der Waals surface area contributed by atoms with E-state index < -0.39 is 0 Å². The SMILES string of the molecule is CNc1sccc1C(N)=NCC(C)(C)N1CCOCC1. The summed E-state index contributed by atoms with van der Waals surface area (Å²) in [6, 6.07) is 2.01. The quantitative estimate of drug-likeness (QED) is 0.640. The zero-order valence-electron chi connectivity index (χ0n) is 12.5. The number of rotatable bonds is 5. The molecule has 0 unspecified atom stereocenters. The molecular formula is C14H24N4OS. The van der Waals surface area contributed by atoms with E-state index >= 15 is 0 Å². The zero-order valence-corrected chi connectivity index (χ0v) is 13.3. The molecule has 1 saturated heterocycles. The average molecular weight is 296 g/mol. The van der Waals surface area contributed by atoms with Crippen LogP contribution in [0.3, 0.4) is 0 Å². The Hall–Kier alpha value is -1.11. The molecule has 0 aromatic carbocycles. The van der Waals surface area contributed by atoms with Gasteiger partial charge in [-0.2, -0.15) is 0 Å². The van der Waals surface area contributed by atoms with Gasteiger partial charge in [-0.05, 0) is 25.3 Å². The Kier molecular flexibility index (Phi) is 5.01. The van der Waals surface area contributed by atoms with Gasteiger partial charge < -0.3 is 15.8 Å². The normalized spacial score (nSPS) is 18.2. The van der Waals surface area contributed by atoms with Crippen LogP contribution in [0.25, 0.3) is 0 Å². The molecule has 1 fully saturated rings. The number of nitrogens with two attached hydrogens (primary N) is 1. The molecule has 112 valence electrons. The molecule has 0 spiro atoms. The predicted octanol–water partition coefficient (Wildman–Crippen LogP) is 1.61. The number of aliphatic imine (C=N–C) groups is 1. The van der Waals surface area contributed by atoms with Gasteiger partial charge in [-0.1, -0.05) is 0 Å². The van der Waals surface area contributed by atoms with Gasteiger partial charge in [0, 0.05) is 25.7 Å². The third-order valence-corrected chi connectivity index (χ3v) is 4.60. The maximum absolute atomic E-state index is 6.13. The molecular weight excluding hydrogens is 272 g/mol. The Morgan fingerprint density at radius 3 is 2.85 bits per heavy atom. The van der Waals surface area contributed by atoms with E-state index in [0.29, 0.717) is 12.4 Å². The van der Waals surface area contributed by atoms with Gasteiger partial charge in [-0.3, -0.25) is 9.89 Å². The average Bonchev–Trinajstić information content (AvgIpc) is 2.94. The van der Waals surface area contributed by atoms with Crippen molar-refractivity contribution in [1.82, 2.24) is 4.90 Å². The molecule has 6 heteroatoms. The van der Waals surface area contributed by atoms with E-state index in [1.807, 2.05) is 18.5 Å². The van der Waals surface area contributed by atoms with Crippen molar-refractivity contribution in [1.29, 1.82) is 0 Å². The fraction of sp³-hybridized carbons (Fsp3) is 0.643.